The summed E-state index contributed by atoms with van der Waals surface area (Å²) >= 11 is 1.14. The van der Waals surface area contributed by atoms with Crippen molar-refractivity contribution in [2.75, 3.05) is 19.5 Å². The van der Waals surface area contributed by atoms with Gasteiger partial charge in [0.1, 0.15) is 16.5 Å². The van der Waals surface area contributed by atoms with Crippen molar-refractivity contribution in [1.82, 2.24) is 4.98 Å². The van der Waals surface area contributed by atoms with Crippen LogP contribution in [0.5, 0.6) is 11.5 Å². The number of amides is 1. The molecule has 5 nitrogen and oxygen atoms in total. The van der Waals surface area contributed by atoms with E-state index in [9.17, 15) is 18.0 Å². The van der Waals surface area contributed by atoms with Gasteiger partial charge in [0.15, 0.2) is 0 Å². The van der Waals surface area contributed by atoms with Gasteiger partial charge in [-0.15, -0.1) is 11.3 Å². The maximum atomic E-state index is 13.9. The largest absolute Gasteiger partial charge is 0.497 e. The Labute approximate surface area is 185 Å². The predicted molar refractivity (Wildman–Crippen MR) is 118 cm³/mol. The highest BCUT2D eigenvalue weighted by Crippen LogP contribution is 2.41. The lowest BCUT2D eigenvalue weighted by molar-refractivity contribution is -0.137. The Morgan fingerprint density at radius 1 is 0.938 bits per heavy atom. The summed E-state index contributed by atoms with van der Waals surface area (Å²) in [7, 11) is 3.01. The lowest BCUT2D eigenvalue weighted by Gasteiger charge is -2.14. The number of alkyl halides is 3. The molecule has 9 heteroatoms. The highest BCUT2D eigenvalue weighted by Gasteiger charge is 2.35. The first-order chi connectivity index (χ1) is 15.3. The Morgan fingerprint density at radius 3 is 2.28 bits per heavy atom. The van der Waals surface area contributed by atoms with Crippen molar-refractivity contribution in [3.05, 3.63) is 71.8 Å². The summed E-state index contributed by atoms with van der Waals surface area (Å²) in [5, 5.41) is 2.75. The molecule has 0 unspecified atom stereocenters. The van der Waals surface area contributed by atoms with E-state index in [1.165, 1.54) is 38.5 Å². The third-order valence-corrected chi connectivity index (χ3v) is 5.81. The fraction of sp³-hybridized carbons (Fsp3) is 0.130. The van der Waals surface area contributed by atoms with Crippen LogP contribution in [-0.4, -0.2) is 25.1 Å². The van der Waals surface area contributed by atoms with Crippen molar-refractivity contribution < 1.29 is 27.4 Å². The highest BCUT2D eigenvalue weighted by atomic mass is 32.1. The number of rotatable bonds is 5. The van der Waals surface area contributed by atoms with Crippen molar-refractivity contribution in [2.45, 2.75) is 6.18 Å². The zero-order valence-electron chi connectivity index (χ0n) is 17.0. The molecule has 3 aromatic carbocycles. The molecule has 0 bridgehead atoms. The van der Waals surface area contributed by atoms with Crippen LogP contribution >= 0.6 is 11.3 Å². The Kier molecular flexibility index (Phi) is 5.75. The molecule has 164 valence electrons. The van der Waals surface area contributed by atoms with Crippen LogP contribution in [0.4, 0.5) is 18.9 Å². The molecule has 0 fully saturated rings. The van der Waals surface area contributed by atoms with Gasteiger partial charge < -0.3 is 14.8 Å². The molecule has 4 aromatic rings. The second-order valence-electron chi connectivity index (χ2n) is 6.79. The number of halogens is 3. The van der Waals surface area contributed by atoms with Gasteiger partial charge in [0.25, 0.3) is 5.91 Å². The number of nitrogens with zero attached hydrogens (tertiary/aromatic N) is 1. The third kappa shape index (κ3) is 4.38. The molecule has 0 aliphatic heterocycles. The topological polar surface area (TPSA) is 60.5 Å². The summed E-state index contributed by atoms with van der Waals surface area (Å²) in [6, 6.07) is 15.1. The lowest BCUT2D eigenvalue weighted by atomic mass is 10.1. The molecule has 4 rings (SSSR count). The summed E-state index contributed by atoms with van der Waals surface area (Å²) < 4.78 is 52.5. The van der Waals surface area contributed by atoms with Gasteiger partial charge in [0, 0.05) is 16.8 Å². The summed E-state index contributed by atoms with van der Waals surface area (Å²) in [6.45, 7) is 0. The van der Waals surface area contributed by atoms with Crippen LogP contribution in [0.15, 0.2) is 60.7 Å². The number of anilines is 1. The van der Waals surface area contributed by atoms with Crippen molar-refractivity contribution in [1.29, 1.82) is 0 Å². The summed E-state index contributed by atoms with van der Waals surface area (Å²) in [5.41, 5.74) is -0.0276. The molecule has 0 saturated heterocycles. The number of methoxy groups -OCH3 is 2. The molecule has 0 saturated carbocycles. The zero-order chi connectivity index (χ0) is 22.9. The molecule has 0 aliphatic carbocycles. The number of carbonyl (C=O) groups is 1. The smallest absolute Gasteiger partial charge is 0.417 e. The fourth-order valence-corrected chi connectivity index (χ4v) is 4.17. The van der Waals surface area contributed by atoms with Crippen molar-refractivity contribution >= 4 is 33.1 Å². The van der Waals surface area contributed by atoms with E-state index >= 15 is 0 Å². The van der Waals surface area contributed by atoms with Gasteiger partial charge in [-0.05, 0) is 60.7 Å². The molecular formula is C23H17F3N2O3S. The Bertz CT molecular complexity index is 1280. The summed E-state index contributed by atoms with van der Waals surface area (Å²) in [4.78, 5) is 16.8. The first-order valence-corrected chi connectivity index (χ1v) is 10.2. The SMILES string of the molecule is COc1ccc(C(=O)Nc2ccc(-c3nc4ccc(OC)cc4s3)c(C(F)(F)F)c2)cc1. The van der Waals surface area contributed by atoms with Gasteiger partial charge in [-0.25, -0.2) is 4.98 Å². The number of carbonyl (C=O) groups excluding carboxylic acids is 1. The van der Waals surface area contributed by atoms with Crippen molar-refractivity contribution in [2.24, 2.45) is 0 Å². The number of ether oxygens (including phenoxy) is 2. The van der Waals surface area contributed by atoms with Gasteiger partial charge in [-0.2, -0.15) is 13.2 Å². The minimum atomic E-state index is -4.63. The van der Waals surface area contributed by atoms with E-state index in [-0.39, 0.29) is 16.3 Å². The fourth-order valence-electron chi connectivity index (χ4n) is 3.14. The van der Waals surface area contributed by atoms with Crippen LogP contribution in [0, 0.1) is 0 Å². The number of fused-ring (bicyclic) bond motifs is 1. The monoisotopic (exact) mass is 458 g/mol. The minimum Gasteiger partial charge on any atom is -0.497 e. The van der Waals surface area contributed by atoms with E-state index < -0.39 is 17.6 Å². The van der Waals surface area contributed by atoms with E-state index in [0.717, 1.165) is 17.4 Å². The maximum absolute atomic E-state index is 13.9. The number of thiazole rings is 1. The van der Waals surface area contributed by atoms with Gasteiger partial charge in [0.05, 0.1) is 30.0 Å². The maximum Gasteiger partial charge on any atom is 0.417 e. The van der Waals surface area contributed by atoms with Gasteiger partial charge in [-0.1, -0.05) is 0 Å². The minimum absolute atomic E-state index is 0.0321. The average molecular weight is 458 g/mol. The first-order valence-electron chi connectivity index (χ1n) is 9.40. The molecule has 0 aliphatic rings. The molecule has 1 N–H and O–H groups in total. The number of benzene rings is 3. The summed E-state index contributed by atoms with van der Waals surface area (Å²) in [5.74, 6) is 0.639. The summed E-state index contributed by atoms with van der Waals surface area (Å²) in [6.07, 6.45) is -4.63. The van der Waals surface area contributed by atoms with Crippen LogP contribution in [0.3, 0.4) is 0 Å². The van der Waals surface area contributed by atoms with E-state index in [4.69, 9.17) is 9.47 Å². The zero-order valence-corrected chi connectivity index (χ0v) is 17.8. The first kappa shape index (κ1) is 21.6. The second-order valence-corrected chi connectivity index (χ2v) is 7.82. The van der Waals surface area contributed by atoms with Crippen LogP contribution in [-0.2, 0) is 6.18 Å². The number of aromatic nitrogens is 1. The molecule has 0 radical (unpaired) electrons. The third-order valence-electron chi connectivity index (χ3n) is 4.76. The van der Waals surface area contributed by atoms with E-state index in [1.54, 1.807) is 30.3 Å². The average Bonchev–Trinajstić information content (AvgIpc) is 3.21. The highest BCUT2D eigenvalue weighted by molar-refractivity contribution is 7.21. The molecule has 32 heavy (non-hydrogen) atoms. The standard InChI is InChI=1S/C23H17F3N2O3S/c1-30-15-6-3-13(4-7-15)21(29)27-14-5-9-17(18(11-14)23(24,25)26)22-28-19-10-8-16(31-2)12-20(19)32-22/h3-12H,1-2H3,(H,27,29). The quantitative estimate of drug-likeness (QED) is 0.384. The van der Waals surface area contributed by atoms with Crippen LogP contribution < -0.4 is 14.8 Å². The van der Waals surface area contributed by atoms with Crippen molar-refractivity contribution in [3.63, 3.8) is 0 Å². The lowest BCUT2D eigenvalue weighted by Crippen LogP contribution is -2.14. The van der Waals surface area contributed by atoms with Crippen molar-refractivity contribution in [3.8, 4) is 22.1 Å². The van der Waals surface area contributed by atoms with E-state index in [0.29, 0.717) is 27.3 Å². The van der Waals surface area contributed by atoms with E-state index in [2.05, 4.69) is 10.3 Å². The van der Waals surface area contributed by atoms with Crippen LogP contribution in [0.2, 0.25) is 0 Å². The molecule has 1 aromatic heterocycles. The Hall–Kier alpha value is -3.59. The predicted octanol–water partition coefficient (Wildman–Crippen LogP) is 6.25. The Morgan fingerprint density at radius 2 is 1.62 bits per heavy atom. The molecule has 0 atom stereocenters. The van der Waals surface area contributed by atoms with Crippen LogP contribution in [0.1, 0.15) is 15.9 Å². The number of hydrogen-bond donors (Lipinski definition) is 1. The second kappa shape index (κ2) is 8.51. The van der Waals surface area contributed by atoms with Gasteiger partial charge in [0.2, 0.25) is 0 Å². The number of nitrogens with one attached hydrogen (secondary N) is 1. The Balaban J connectivity index is 1.68. The number of hydrogen-bond acceptors (Lipinski definition) is 5. The molecular weight excluding hydrogens is 441 g/mol. The van der Waals surface area contributed by atoms with Gasteiger partial charge >= 0.3 is 6.18 Å². The van der Waals surface area contributed by atoms with Crippen LogP contribution in [0.25, 0.3) is 20.8 Å². The van der Waals surface area contributed by atoms with Gasteiger partial charge in [-0.3, -0.25) is 4.79 Å². The van der Waals surface area contributed by atoms with E-state index in [1.807, 2.05) is 0 Å². The normalized spacial score (nSPS) is 11.4. The molecule has 1 amide bonds. The molecule has 1 heterocycles. The molecule has 0 spiro atoms.